The molecule has 4 heteroatoms. The van der Waals surface area contributed by atoms with Crippen LogP contribution in [0.25, 0.3) is 0 Å². The number of aryl methyl sites for hydroxylation is 1. The summed E-state index contributed by atoms with van der Waals surface area (Å²) in [4.78, 5) is 4.14. The van der Waals surface area contributed by atoms with E-state index < -0.39 is 0 Å². The van der Waals surface area contributed by atoms with Crippen LogP contribution in [0.3, 0.4) is 0 Å². The summed E-state index contributed by atoms with van der Waals surface area (Å²) in [6, 6.07) is 5.90. The molecule has 0 fully saturated rings. The Labute approximate surface area is 101 Å². The number of hydrazine groups is 1. The molecule has 2 rings (SSSR count). The van der Waals surface area contributed by atoms with Gasteiger partial charge in [0, 0.05) is 18.8 Å². The van der Waals surface area contributed by atoms with Crippen LogP contribution in [-0.4, -0.2) is 4.98 Å². The van der Waals surface area contributed by atoms with Gasteiger partial charge in [0.2, 0.25) is 0 Å². The Balaban J connectivity index is 2.22. The summed E-state index contributed by atoms with van der Waals surface area (Å²) in [5.41, 5.74) is 5.24. The number of nitrogens with one attached hydrogen (secondary N) is 1. The van der Waals surface area contributed by atoms with Gasteiger partial charge in [0.05, 0.1) is 12.3 Å². The lowest BCUT2D eigenvalue weighted by Crippen LogP contribution is -2.30. The topological polar surface area (TPSA) is 64.1 Å². The van der Waals surface area contributed by atoms with Crippen LogP contribution in [0, 0.1) is 0 Å². The molecule has 2 heterocycles. The molecule has 0 aliphatic heterocycles. The molecule has 0 bridgehead atoms. The summed E-state index contributed by atoms with van der Waals surface area (Å²) in [6.45, 7) is 2.11. The number of nitrogens with zero attached hydrogens (tertiary/aromatic N) is 1. The Morgan fingerprint density at radius 1 is 1.47 bits per heavy atom. The number of aromatic nitrogens is 1. The molecule has 0 radical (unpaired) electrons. The maximum absolute atomic E-state index is 5.63. The van der Waals surface area contributed by atoms with E-state index in [0.717, 1.165) is 18.6 Å². The molecular weight excluding hydrogens is 214 g/mol. The first-order chi connectivity index (χ1) is 8.35. The smallest absolute Gasteiger partial charge is 0.105 e. The Morgan fingerprint density at radius 2 is 2.35 bits per heavy atom. The molecule has 0 aliphatic carbocycles. The van der Waals surface area contributed by atoms with Crippen molar-refractivity contribution >= 4 is 0 Å². The zero-order valence-electron chi connectivity index (χ0n) is 9.89. The molecule has 2 aromatic heterocycles. The van der Waals surface area contributed by atoms with E-state index in [2.05, 4.69) is 17.3 Å². The first-order valence-corrected chi connectivity index (χ1v) is 5.76. The Kier molecular flexibility index (Phi) is 3.90. The molecule has 17 heavy (non-hydrogen) atoms. The second-order valence-electron chi connectivity index (χ2n) is 3.93. The predicted octanol–water partition coefficient (Wildman–Crippen LogP) is 1.98. The van der Waals surface area contributed by atoms with E-state index in [9.17, 15) is 0 Å². The third-order valence-corrected chi connectivity index (χ3v) is 2.88. The average molecular weight is 231 g/mol. The van der Waals surface area contributed by atoms with E-state index in [4.69, 9.17) is 10.3 Å². The van der Waals surface area contributed by atoms with E-state index in [-0.39, 0.29) is 6.04 Å². The molecular formula is C13H17N3O. The van der Waals surface area contributed by atoms with Crippen molar-refractivity contribution in [3.05, 3.63) is 53.7 Å². The molecule has 3 N–H and O–H groups in total. The van der Waals surface area contributed by atoms with E-state index in [1.165, 1.54) is 11.1 Å². The van der Waals surface area contributed by atoms with Crippen LogP contribution in [-0.2, 0) is 12.8 Å². The van der Waals surface area contributed by atoms with Crippen molar-refractivity contribution in [2.24, 2.45) is 5.84 Å². The molecule has 0 amide bonds. The monoisotopic (exact) mass is 231 g/mol. The summed E-state index contributed by atoms with van der Waals surface area (Å²) in [5, 5.41) is 0. The number of nitrogens with two attached hydrogens (primary N) is 1. The van der Waals surface area contributed by atoms with Gasteiger partial charge in [0.1, 0.15) is 5.76 Å². The quantitative estimate of drug-likeness (QED) is 0.610. The lowest BCUT2D eigenvalue weighted by Gasteiger charge is -2.17. The number of pyridine rings is 1. The van der Waals surface area contributed by atoms with E-state index in [1.54, 1.807) is 12.5 Å². The summed E-state index contributed by atoms with van der Waals surface area (Å²) >= 11 is 0. The fourth-order valence-corrected chi connectivity index (χ4v) is 1.96. The fourth-order valence-electron chi connectivity index (χ4n) is 1.96. The first-order valence-electron chi connectivity index (χ1n) is 5.76. The maximum Gasteiger partial charge on any atom is 0.105 e. The van der Waals surface area contributed by atoms with Crippen LogP contribution in [0.4, 0.5) is 0 Å². The molecule has 0 saturated carbocycles. The molecule has 0 aromatic carbocycles. The average Bonchev–Trinajstić information content (AvgIpc) is 2.89. The summed E-state index contributed by atoms with van der Waals surface area (Å²) in [5.74, 6) is 6.56. The molecule has 90 valence electrons. The molecule has 1 unspecified atom stereocenters. The van der Waals surface area contributed by atoms with Gasteiger partial charge in [0.15, 0.2) is 0 Å². The van der Waals surface area contributed by atoms with Gasteiger partial charge >= 0.3 is 0 Å². The molecule has 0 aliphatic rings. The van der Waals surface area contributed by atoms with Crippen LogP contribution in [0.2, 0.25) is 0 Å². The summed E-state index contributed by atoms with van der Waals surface area (Å²) in [7, 11) is 0. The van der Waals surface area contributed by atoms with E-state index in [1.807, 2.05) is 24.4 Å². The molecule has 2 aromatic rings. The predicted molar refractivity (Wildman–Crippen MR) is 66.1 cm³/mol. The number of hydrogen-bond donors (Lipinski definition) is 2. The summed E-state index contributed by atoms with van der Waals surface area (Å²) < 4.78 is 5.35. The van der Waals surface area contributed by atoms with E-state index in [0.29, 0.717) is 0 Å². The third-order valence-electron chi connectivity index (χ3n) is 2.88. The normalized spacial score (nSPS) is 12.6. The highest BCUT2D eigenvalue weighted by Gasteiger charge is 2.15. The van der Waals surface area contributed by atoms with Crippen molar-refractivity contribution < 1.29 is 4.42 Å². The Bertz CT molecular complexity index is 453. The Hall–Kier alpha value is -1.65. The van der Waals surface area contributed by atoms with Gasteiger partial charge in [0.25, 0.3) is 0 Å². The highest BCUT2D eigenvalue weighted by atomic mass is 16.3. The molecule has 0 saturated heterocycles. The second kappa shape index (κ2) is 5.61. The zero-order chi connectivity index (χ0) is 12.1. The van der Waals surface area contributed by atoms with Crippen LogP contribution < -0.4 is 11.3 Å². The minimum absolute atomic E-state index is 0.0547. The lowest BCUT2D eigenvalue weighted by molar-refractivity contribution is 0.453. The highest BCUT2D eigenvalue weighted by Crippen LogP contribution is 2.21. The van der Waals surface area contributed by atoms with Gasteiger partial charge in [-0.1, -0.05) is 6.92 Å². The minimum Gasteiger partial charge on any atom is -0.469 e. The number of furan rings is 1. The zero-order valence-corrected chi connectivity index (χ0v) is 9.89. The van der Waals surface area contributed by atoms with Crippen LogP contribution >= 0.6 is 0 Å². The lowest BCUT2D eigenvalue weighted by atomic mass is 9.98. The molecule has 4 nitrogen and oxygen atoms in total. The molecule has 0 spiro atoms. The largest absolute Gasteiger partial charge is 0.469 e. The van der Waals surface area contributed by atoms with Crippen LogP contribution in [0.1, 0.15) is 29.9 Å². The van der Waals surface area contributed by atoms with Crippen molar-refractivity contribution in [3.8, 4) is 0 Å². The van der Waals surface area contributed by atoms with Gasteiger partial charge in [-0.2, -0.15) is 0 Å². The van der Waals surface area contributed by atoms with Crippen molar-refractivity contribution in [2.75, 3.05) is 0 Å². The van der Waals surface area contributed by atoms with Gasteiger partial charge in [-0.15, -0.1) is 0 Å². The Morgan fingerprint density at radius 3 is 3.00 bits per heavy atom. The van der Waals surface area contributed by atoms with Crippen molar-refractivity contribution in [3.63, 3.8) is 0 Å². The summed E-state index contributed by atoms with van der Waals surface area (Å²) in [6.07, 6.45) is 7.04. The van der Waals surface area contributed by atoms with E-state index >= 15 is 0 Å². The minimum atomic E-state index is 0.0547. The van der Waals surface area contributed by atoms with Crippen molar-refractivity contribution in [1.82, 2.24) is 10.4 Å². The first kappa shape index (κ1) is 11.8. The second-order valence-corrected chi connectivity index (χ2v) is 3.93. The maximum atomic E-state index is 5.63. The SMILES string of the molecule is CCc1cnccc1C(Cc1ccco1)NN. The van der Waals surface area contributed by atoms with Crippen LogP contribution in [0.15, 0.2) is 41.3 Å². The third kappa shape index (κ3) is 2.72. The van der Waals surface area contributed by atoms with Gasteiger partial charge in [-0.3, -0.25) is 16.3 Å². The van der Waals surface area contributed by atoms with Gasteiger partial charge in [-0.05, 0) is 35.7 Å². The fraction of sp³-hybridized carbons (Fsp3) is 0.308. The number of hydrogen-bond acceptors (Lipinski definition) is 4. The molecule has 1 atom stereocenters. The number of rotatable bonds is 5. The van der Waals surface area contributed by atoms with Gasteiger partial charge in [-0.25, -0.2) is 0 Å². The standard InChI is InChI=1S/C13H17N3O/c1-2-10-9-15-6-5-12(10)13(16-14)8-11-4-3-7-17-11/h3-7,9,13,16H,2,8,14H2,1H3. The van der Waals surface area contributed by atoms with Crippen LogP contribution in [0.5, 0.6) is 0 Å². The van der Waals surface area contributed by atoms with Gasteiger partial charge < -0.3 is 4.42 Å². The van der Waals surface area contributed by atoms with Crippen molar-refractivity contribution in [1.29, 1.82) is 0 Å². The highest BCUT2D eigenvalue weighted by molar-refractivity contribution is 5.27. The van der Waals surface area contributed by atoms with Crippen molar-refractivity contribution in [2.45, 2.75) is 25.8 Å².